The molecule has 0 spiro atoms. The highest BCUT2D eigenvalue weighted by molar-refractivity contribution is 7.10. The molecule has 1 aromatic carbocycles. The van der Waals surface area contributed by atoms with Gasteiger partial charge in [0.2, 0.25) is 0 Å². The number of benzene rings is 1. The molecule has 1 aliphatic rings. The maximum atomic E-state index is 12.6. The molecule has 0 radical (unpaired) electrons. The van der Waals surface area contributed by atoms with Gasteiger partial charge in [0.15, 0.2) is 6.04 Å². The molecule has 4 nitrogen and oxygen atoms in total. The maximum Gasteiger partial charge on any atom is 0.280 e. The molecule has 3 heterocycles. The van der Waals surface area contributed by atoms with Crippen molar-refractivity contribution < 1.29 is 10.1 Å². The summed E-state index contributed by atoms with van der Waals surface area (Å²) in [6, 6.07) is 12.7. The van der Waals surface area contributed by atoms with Crippen molar-refractivity contribution in [2.24, 2.45) is 0 Å². The number of rotatable bonds is 6. The van der Waals surface area contributed by atoms with Gasteiger partial charge in [-0.2, -0.15) is 0 Å². The Bertz CT molecular complexity index is 864. The number of nitrogens with two attached hydrogens (primary N) is 1. The number of hydrogen-bond donors (Lipinski definition) is 2. The van der Waals surface area contributed by atoms with Gasteiger partial charge in [0, 0.05) is 35.1 Å². The van der Waals surface area contributed by atoms with Gasteiger partial charge in [-0.15, -0.1) is 11.3 Å². The van der Waals surface area contributed by atoms with E-state index in [2.05, 4.69) is 58.3 Å². The lowest BCUT2D eigenvalue weighted by atomic mass is 9.96. The van der Waals surface area contributed by atoms with Crippen molar-refractivity contribution in [2.45, 2.75) is 31.7 Å². The van der Waals surface area contributed by atoms with Crippen LogP contribution in [0.2, 0.25) is 0 Å². The van der Waals surface area contributed by atoms with Crippen molar-refractivity contribution in [1.29, 1.82) is 0 Å². The van der Waals surface area contributed by atoms with E-state index in [9.17, 15) is 4.79 Å². The summed E-state index contributed by atoms with van der Waals surface area (Å²) in [6.45, 7) is 4.77. The minimum atomic E-state index is -0.0271. The van der Waals surface area contributed by atoms with E-state index in [-0.39, 0.29) is 11.9 Å². The van der Waals surface area contributed by atoms with Gasteiger partial charge >= 0.3 is 0 Å². The summed E-state index contributed by atoms with van der Waals surface area (Å²) < 4.78 is 0. The molecule has 26 heavy (non-hydrogen) atoms. The van der Waals surface area contributed by atoms with E-state index in [1.807, 2.05) is 11.8 Å². The Morgan fingerprint density at radius 1 is 1.23 bits per heavy atom. The van der Waals surface area contributed by atoms with E-state index >= 15 is 0 Å². The quantitative estimate of drug-likeness (QED) is 0.691. The largest absolute Gasteiger partial charge is 0.361 e. The number of nitrogens with one attached hydrogen (secondary N) is 1. The summed E-state index contributed by atoms with van der Waals surface area (Å²) in [5.74, 6) is 0.575. The minimum absolute atomic E-state index is 0.0271. The number of hydrogen-bond acceptors (Lipinski definition) is 2. The fourth-order valence-corrected chi connectivity index (χ4v) is 4.79. The second-order valence-electron chi connectivity index (χ2n) is 7.15. The van der Waals surface area contributed by atoms with Crippen LogP contribution in [0.5, 0.6) is 0 Å². The van der Waals surface area contributed by atoms with Gasteiger partial charge < -0.3 is 15.2 Å². The maximum absolute atomic E-state index is 12.6. The third-order valence-electron chi connectivity index (χ3n) is 5.42. The normalized spacial score (nSPS) is 16.9. The molecule has 136 valence electrons. The molecule has 0 aliphatic carbocycles. The molecule has 0 bridgehead atoms. The number of aromatic amines is 1. The third kappa shape index (κ3) is 3.41. The summed E-state index contributed by atoms with van der Waals surface area (Å²) in [5.41, 5.74) is 2.49. The zero-order valence-electron chi connectivity index (χ0n) is 15.2. The number of carbonyl (C=O) groups excluding carboxylic acids is 1. The predicted molar refractivity (Wildman–Crippen MR) is 107 cm³/mol. The highest BCUT2D eigenvalue weighted by Crippen LogP contribution is 2.32. The molecule has 3 aromatic rings. The Balaban J connectivity index is 1.54. The molecule has 1 amide bonds. The van der Waals surface area contributed by atoms with E-state index in [0.29, 0.717) is 5.92 Å². The summed E-state index contributed by atoms with van der Waals surface area (Å²) in [6.07, 6.45) is 4.42. The Morgan fingerprint density at radius 3 is 2.81 bits per heavy atom. The van der Waals surface area contributed by atoms with Crippen molar-refractivity contribution in [3.63, 3.8) is 0 Å². The molecule has 3 N–H and O–H groups in total. The van der Waals surface area contributed by atoms with Crippen LogP contribution < -0.4 is 5.32 Å². The summed E-state index contributed by atoms with van der Waals surface area (Å²) >= 11 is 1.79. The fraction of sp³-hybridized carbons (Fsp3) is 0.381. The van der Waals surface area contributed by atoms with Crippen LogP contribution >= 0.6 is 11.3 Å². The van der Waals surface area contributed by atoms with Crippen LogP contribution in [0.3, 0.4) is 0 Å². The molecule has 1 fully saturated rings. The van der Waals surface area contributed by atoms with Crippen molar-refractivity contribution in [3.8, 4) is 0 Å². The van der Waals surface area contributed by atoms with E-state index in [1.54, 1.807) is 11.3 Å². The number of H-pyrrole nitrogens is 1. The minimum Gasteiger partial charge on any atom is -0.361 e. The SMILES string of the molecule is C[C@@H]([NH2+]C[C@@H](c1cccs1)c1c[nH]c2ccccc12)C(=O)N1CCCC1. The van der Waals surface area contributed by atoms with Gasteiger partial charge in [-0.1, -0.05) is 24.3 Å². The van der Waals surface area contributed by atoms with Gasteiger partial charge in [-0.25, -0.2) is 0 Å². The summed E-state index contributed by atoms with van der Waals surface area (Å²) in [4.78, 5) is 19.4. The van der Waals surface area contributed by atoms with Crippen LogP contribution in [0.15, 0.2) is 48.0 Å². The Hall–Kier alpha value is -2.11. The van der Waals surface area contributed by atoms with Gasteiger partial charge in [0.25, 0.3) is 5.91 Å². The molecule has 1 aliphatic heterocycles. The van der Waals surface area contributed by atoms with Crippen molar-refractivity contribution in [3.05, 3.63) is 58.4 Å². The molecule has 4 rings (SSSR count). The lowest BCUT2D eigenvalue weighted by Crippen LogP contribution is -2.92. The third-order valence-corrected chi connectivity index (χ3v) is 6.40. The van der Waals surface area contributed by atoms with Crippen LogP contribution in [0.25, 0.3) is 10.9 Å². The van der Waals surface area contributed by atoms with Crippen LogP contribution in [0.1, 0.15) is 36.1 Å². The average molecular weight is 369 g/mol. The van der Waals surface area contributed by atoms with Crippen molar-refractivity contribution in [2.75, 3.05) is 19.6 Å². The molecule has 2 atom stereocenters. The lowest BCUT2D eigenvalue weighted by Gasteiger charge is -2.21. The number of nitrogens with zero attached hydrogens (tertiary/aromatic N) is 1. The van der Waals surface area contributed by atoms with E-state index in [0.717, 1.165) is 32.5 Å². The van der Waals surface area contributed by atoms with Gasteiger partial charge in [-0.05, 0) is 42.8 Å². The topological polar surface area (TPSA) is 52.7 Å². The number of thiophene rings is 1. The van der Waals surface area contributed by atoms with E-state index < -0.39 is 0 Å². The van der Waals surface area contributed by atoms with Gasteiger partial charge in [-0.3, -0.25) is 4.79 Å². The molecule has 0 saturated carbocycles. The zero-order chi connectivity index (χ0) is 17.9. The first-order valence-electron chi connectivity index (χ1n) is 9.45. The van der Waals surface area contributed by atoms with Crippen LogP contribution in [-0.4, -0.2) is 41.5 Å². The highest BCUT2D eigenvalue weighted by Gasteiger charge is 2.28. The smallest absolute Gasteiger partial charge is 0.280 e. The first-order valence-corrected chi connectivity index (χ1v) is 10.3. The van der Waals surface area contributed by atoms with Gasteiger partial charge in [0.1, 0.15) is 0 Å². The number of amides is 1. The highest BCUT2D eigenvalue weighted by atomic mass is 32.1. The van der Waals surface area contributed by atoms with Crippen LogP contribution in [0, 0.1) is 0 Å². The second-order valence-corrected chi connectivity index (χ2v) is 8.13. The average Bonchev–Trinajstić information content (AvgIpc) is 3.42. The second kappa shape index (κ2) is 7.64. The number of para-hydroxylation sites is 1. The number of likely N-dealkylation sites (tertiary alicyclic amines) is 1. The van der Waals surface area contributed by atoms with E-state index in [1.165, 1.54) is 21.3 Å². The molecular formula is C21H26N3OS+. The molecule has 5 heteroatoms. The Kier molecular flexibility index (Phi) is 5.09. The standard InChI is InChI=1S/C21H25N3OS/c1-15(21(25)24-10-4-5-11-24)22-14-18(20-9-6-12-26-20)17-13-23-19-8-3-2-7-16(17)19/h2-3,6-9,12-13,15,18,22-23H,4-5,10-11,14H2,1H3/p+1/t15-,18-/m1/s1. The first kappa shape index (κ1) is 17.3. The molecule has 2 aromatic heterocycles. The number of quaternary nitrogens is 1. The number of fused-ring (bicyclic) bond motifs is 1. The van der Waals surface area contributed by atoms with Crippen LogP contribution in [-0.2, 0) is 4.79 Å². The van der Waals surface area contributed by atoms with Gasteiger partial charge in [0.05, 0.1) is 12.5 Å². The van der Waals surface area contributed by atoms with Crippen LogP contribution in [0.4, 0.5) is 0 Å². The lowest BCUT2D eigenvalue weighted by molar-refractivity contribution is -0.675. The Morgan fingerprint density at radius 2 is 2.04 bits per heavy atom. The zero-order valence-corrected chi connectivity index (χ0v) is 16.0. The van der Waals surface area contributed by atoms with Crippen molar-refractivity contribution >= 4 is 28.1 Å². The summed E-state index contributed by atoms with van der Waals surface area (Å²) in [5, 5.41) is 5.63. The predicted octanol–water partition coefficient (Wildman–Crippen LogP) is 2.94. The van der Waals surface area contributed by atoms with E-state index in [4.69, 9.17) is 0 Å². The molecule has 0 unspecified atom stereocenters. The van der Waals surface area contributed by atoms with Crippen molar-refractivity contribution in [1.82, 2.24) is 9.88 Å². The summed E-state index contributed by atoms with van der Waals surface area (Å²) in [7, 11) is 0. The monoisotopic (exact) mass is 368 g/mol. The first-order chi connectivity index (χ1) is 12.7. The Labute approximate surface area is 158 Å². The number of aromatic nitrogens is 1. The number of carbonyl (C=O) groups is 1. The molecule has 1 saturated heterocycles. The molecular weight excluding hydrogens is 342 g/mol. The fourth-order valence-electron chi connectivity index (χ4n) is 3.93.